The third-order valence-corrected chi connectivity index (χ3v) is 5.50. The maximum absolute atomic E-state index is 12.8. The standard InChI is InChI=1S/C19H27N3O3.ClH/c1-3-22(18(24)14-12-19(14)8-10-20-11-9-19)13-17(23)21-15-6-4-5-7-16(15)25-2;/h4-7,14,20H,3,8-13H2,1-2H3,(H,21,23);1H. The van der Waals surface area contributed by atoms with Crippen LogP contribution in [-0.4, -0.2) is 50.0 Å². The molecule has 7 heteroatoms. The van der Waals surface area contributed by atoms with Gasteiger partial charge >= 0.3 is 0 Å². The van der Waals surface area contributed by atoms with Gasteiger partial charge in [0.1, 0.15) is 5.75 Å². The Hall–Kier alpha value is -1.79. The molecule has 1 spiro atoms. The Kier molecular flexibility index (Phi) is 6.89. The summed E-state index contributed by atoms with van der Waals surface area (Å²) >= 11 is 0. The highest BCUT2D eigenvalue weighted by Gasteiger charge is 2.58. The van der Waals surface area contributed by atoms with Crippen LogP contribution in [-0.2, 0) is 9.59 Å². The fourth-order valence-electron chi connectivity index (χ4n) is 3.85. The minimum atomic E-state index is -0.195. The van der Waals surface area contributed by atoms with Crippen molar-refractivity contribution < 1.29 is 14.3 Å². The fraction of sp³-hybridized carbons (Fsp3) is 0.579. The second-order valence-corrected chi connectivity index (χ2v) is 6.97. The molecule has 2 amide bonds. The summed E-state index contributed by atoms with van der Waals surface area (Å²) in [6.45, 7) is 4.53. The maximum atomic E-state index is 12.8. The van der Waals surface area contributed by atoms with Gasteiger partial charge in [-0.1, -0.05) is 12.1 Å². The Labute approximate surface area is 161 Å². The van der Waals surface area contributed by atoms with E-state index in [1.54, 1.807) is 24.1 Å². The number of amides is 2. The number of halogens is 1. The van der Waals surface area contributed by atoms with Gasteiger partial charge in [-0.15, -0.1) is 12.4 Å². The summed E-state index contributed by atoms with van der Waals surface area (Å²) in [6.07, 6.45) is 3.10. The molecule has 1 unspecified atom stereocenters. The lowest BCUT2D eigenvalue weighted by Crippen LogP contribution is -2.40. The van der Waals surface area contributed by atoms with Gasteiger partial charge in [0.2, 0.25) is 11.8 Å². The number of likely N-dealkylation sites (N-methyl/N-ethyl adjacent to an activating group) is 1. The largest absolute Gasteiger partial charge is 0.495 e. The first-order valence-electron chi connectivity index (χ1n) is 9.02. The predicted molar refractivity (Wildman–Crippen MR) is 104 cm³/mol. The van der Waals surface area contributed by atoms with Crippen molar-refractivity contribution in [2.24, 2.45) is 11.3 Å². The fourth-order valence-corrected chi connectivity index (χ4v) is 3.85. The van der Waals surface area contributed by atoms with Gasteiger partial charge in [-0.05, 0) is 56.8 Å². The molecular formula is C19H28ClN3O3. The highest BCUT2D eigenvalue weighted by molar-refractivity contribution is 5.96. The summed E-state index contributed by atoms with van der Waals surface area (Å²) in [4.78, 5) is 26.9. The zero-order valence-corrected chi connectivity index (χ0v) is 16.2. The summed E-state index contributed by atoms with van der Waals surface area (Å²) < 4.78 is 5.25. The van der Waals surface area contributed by atoms with E-state index in [2.05, 4.69) is 10.6 Å². The topological polar surface area (TPSA) is 70.7 Å². The lowest BCUT2D eigenvalue weighted by molar-refractivity contribution is -0.136. The molecule has 2 N–H and O–H groups in total. The van der Waals surface area contributed by atoms with E-state index < -0.39 is 0 Å². The van der Waals surface area contributed by atoms with E-state index in [-0.39, 0.29) is 42.1 Å². The van der Waals surface area contributed by atoms with E-state index in [1.165, 1.54) is 0 Å². The van der Waals surface area contributed by atoms with Gasteiger partial charge < -0.3 is 20.3 Å². The van der Waals surface area contributed by atoms with Gasteiger partial charge in [-0.2, -0.15) is 0 Å². The second kappa shape index (κ2) is 8.73. The molecular weight excluding hydrogens is 354 g/mol. The van der Waals surface area contributed by atoms with Crippen LogP contribution in [0.25, 0.3) is 0 Å². The van der Waals surface area contributed by atoms with E-state index in [0.717, 1.165) is 32.4 Å². The molecule has 1 aromatic rings. The average Bonchev–Trinajstić information content (AvgIpc) is 3.33. The third-order valence-electron chi connectivity index (χ3n) is 5.50. The minimum Gasteiger partial charge on any atom is -0.495 e. The zero-order chi connectivity index (χ0) is 17.9. The number of para-hydroxylation sites is 2. The number of carbonyl (C=O) groups is 2. The minimum absolute atomic E-state index is 0. The smallest absolute Gasteiger partial charge is 0.244 e. The van der Waals surface area contributed by atoms with Crippen LogP contribution in [0.3, 0.4) is 0 Å². The first-order chi connectivity index (χ1) is 12.1. The predicted octanol–water partition coefficient (Wildman–Crippen LogP) is 2.29. The first-order valence-corrected chi connectivity index (χ1v) is 9.02. The normalized spacial score (nSPS) is 20.0. The van der Waals surface area contributed by atoms with E-state index in [0.29, 0.717) is 18.0 Å². The second-order valence-electron chi connectivity index (χ2n) is 6.97. The molecule has 0 bridgehead atoms. The Morgan fingerprint density at radius 3 is 2.65 bits per heavy atom. The molecule has 2 fully saturated rings. The number of ether oxygens (including phenoxy) is 1. The van der Waals surface area contributed by atoms with Crippen molar-refractivity contribution in [1.29, 1.82) is 0 Å². The Balaban J connectivity index is 0.00000243. The van der Waals surface area contributed by atoms with Gasteiger partial charge in [0.05, 0.1) is 19.3 Å². The van der Waals surface area contributed by atoms with E-state index in [1.807, 2.05) is 19.1 Å². The van der Waals surface area contributed by atoms with Crippen molar-refractivity contribution in [3.63, 3.8) is 0 Å². The van der Waals surface area contributed by atoms with Crippen molar-refractivity contribution in [2.75, 3.05) is 38.6 Å². The SMILES string of the molecule is CCN(CC(=O)Nc1ccccc1OC)C(=O)C1CC12CCNCC2.Cl. The number of hydrogen-bond acceptors (Lipinski definition) is 4. The van der Waals surface area contributed by atoms with Crippen molar-refractivity contribution in [1.82, 2.24) is 10.2 Å². The van der Waals surface area contributed by atoms with Crippen LogP contribution in [0.5, 0.6) is 5.75 Å². The van der Waals surface area contributed by atoms with Crippen LogP contribution >= 0.6 is 12.4 Å². The van der Waals surface area contributed by atoms with Crippen LogP contribution in [0.1, 0.15) is 26.2 Å². The monoisotopic (exact) mass is 381 g/mol. The number of rotatable bonds is 6. The quantitative estimate of drug-likeness (QED) is 0.793. The molecule has 1 atom stereocenters. The van der Waals surface area contributed by atoms with Crippen LogP contribution in [0, 0.1) is 11.3 Å². The Morgan fingerprint density at radius 2 is 2.00 bits per heavy atom. The molecule has 0 aromatic heterocycles. The van der Waals surface area contributed by atoms with Crippen molar-refractivity contribution in [3.8, 4) is 5.75 Å². The third kappa shape index (κ3) is 4.30. The number of nitrogens with one attached hydrogen (secondary N) is 2. The first kappa shape index (κ1) is 20.5. The number of carbonyl (C=O) groups excluding carboxylic acids is 2. The number of piperidine rings is 1. The summed E-state index contributed by atoms with van der Waals surface area (Å²) in [5.41, 5.74) is 0.814. The van der Waals surface area contributed by atoms with E-state index >= 15 is 0 Å². The molecule has 26 heavy (non-hydrogen) atoms. The van der Waals surface area contributed by atoms with Gasteiger partial charge in [0, 0.05) is 12.5 Å². The number of nitrogens with zero attached hydrogens (tertiary/aromatic N) is 1. The van der Waals surface area contributed by atoms with Crippen LogP contribution in [0.4, 0.5) is 5.69 Å². The molecule has 3 rings (SSSR count). The highest BCUT2D eigenvalue weighted by Crippen LogP contribution is 2.59. The molecule has 144 valence electrons. The number of anilines is 1. The Bertz CT molecular complexity index is 647. The van der Waals surface area contributed by atoms with E-state index in [4.69, 9.17) is 4.74 Å². The van der Waals surface area contributed by atoms with Gasteiger partial charge in [0.15, 0.2) is 0 Å². The van der Waals surface area contributed by atoms with Crippen molar-refractivity contribution in [3.05, 3.63) is 24.3 Å². The lowest BCUT2D eigenvalue weighted by Gasteiger charge is -2.26. The number of hydrogen-bond donors (Lipinski definition) is 2. The molecule has 0 radical (unpaired) electrons. The van der Waals surface area contributed by atoms with Gasteiger partial charge in [0.25, 0.3) is 0 Å². The molecule has 1 aliphatic carbocycles. The summed E-state index contributed by atoms with van der Waals surface area (Å²) in [6, 6.07) is 7.27. The number of benzene rings is 1. The lowest BCUT2D eigenvalue weighted by atomic mass is 9.91. The summed E-state index contributed by atoms with van der Waals surface area (Å²) in [7, 11) is 1.57. The van der Waals surface area contributed by atoms with Crippen molar-refractivity contribution in [2.45, 2.75) is 26.2 Å². The van der Waals surface area contributed by atoms with Crippen LogP contribution < -0.4 is 15.4 Å². The molecule has 1 saturated heterocycles. The molecule has 1 heterocycles. The molecule has 6 nitrogen and oxygen atoms in total. The van der Waals surface area contributed by atoms with Crippen LogP contribution in [0.2, 0.25) is 0 Å². The molecule has 1 saturated carbocycles. The molecule has 1 aromatic carbocycles. The van der Waals surface area contributed by atoms with Crippen molar-refractivity contribution >= 4 is 29.9 Å². The molecule has 2 aliphatic rings. The van der Waals surface area contributed by atoms with Crippen LogP contribution in [0.15, 0.2) is 24.3 Å². The summed E-state index contributed by atoms with van der Waals surface area (Å²) in [5, 5.41) is 6.20. The maximum Gasteiger partial charge on any atom is 0.244 e. The number of methoxy groups -OCH3 is 1. The summed E-state index contributed by atoms with van der Waals surface area (Å²) in [5.74, 6) is 0.633. The van der Waals surface area contributed by atoms with Gasteiger partial charge in [-0.3, -0.25) is 9.59 Å². The zero-order valence-electron chi connectivity index (χ0n) is 15.4. The van der Waals surface area contributed by atoms with Gasteiger partial charge in [-0.25, -0.2) is 0 Å². The Morgan fingerprint density at radius 1 is 1.31 bits per heavy atom. The highest BCUT2D eigenvalue weighted by atomic mass is 35.5. The average molecular weight is 382 g/mol. The van der Waals surface area contributed by atoms with E-state index in [9.17, 15) is 9.59 Å². The molecule has 1 aliphatic heterocycles.